The van der Waals surface area contributed by atoms with E-state index in [1.807, 2.05) is 0 Å². The molecule has 0 atom stereocenters. The second-order valence-electron chi connectivity index (χ2n) is 9.20. The number of amides is 2. The highest BCUT2D eigenvalue weighted by Gasteiger charge is 2.37. The van der Waals surface area contributed by atoms with Crippen LogP contribution in [0.1, 0.15) is 63.6 Å². The lowest BCUT2D eigenvalue weighted by Crippen LogP contribution is -2.20. The van der Waals surface area contributed by atoms with Crippen LogP contribution in [-0.2, 0) is 17.8 Å². The van der Waals surface area contributed by atoms with E-state index in [4.69, 9.17) is 5.73 Å². The largest absolute Gasteiger partial charge is 0.433 e. The third-order valence-corrected chi connectivity index (χ3v) is 6.43. The predicted octanol–water partition coefficient (Wildman–Crippen LogP) is 5.33. The van der Waals surface area contributed by atoms with E-state index in [1.165, 1.54) is 6.92 Å². The highest BCUT2D eigenvalue weighted by Crippen LogP contribution is 2.40. The molecule has 8 nitrogen and oxygen atoms in total. The number of hydrogen-bond donors (Lipinski definition) is 2. The number of rotatable bonds is 3. The highest BCUT2D eigenvalue weighted by atomic mass is 32.1. The number of nitrogens with zero attached hydrogens (tertiary/aromatic N) is 4. The van der Waals surface area contributed by atoms with E-state index in [0.717, 1.165) is 18.2 Å². The Bertz CT molecular complexity index is 1580. The van der Waals surface area contributed by atoms with Crippen LogP contribution in [-0.4, -0.2) is 31.4 Å². The van der Waals surface area contributed by atoms with Crippen LogP contribution in [0.4, 0.5) is 32.0 Å². The van der Waals surface area contributed by atoms with Crippen molar-refractivity contribution in [2.45, 2.75) is 45.5 Å². The first-order valence-corrected chi connectivity index (χ1v) is 11.3. The van der Waals surface area contributed by atoms with Gasteiger partial charge in [0.05, 0.1) is 11.4 Å². The Labute approximate surface area is 208 Å². The molecule has 4 rings (SSSR count). The van der Waals surface area contributed by atoms with Crippen molar-refractivity contribution >= 4 is 44.7 Å². The molecule has 0 aliphatic rings. The fourth-order valence-corrected chi connectivity index (χ4v) is 4.63. The summed E-state index contributed by atoms with van der Waals surface area (Å²) >= 11 is 0.542. The zero-order valence-corrected chi connectivity index (χ0v) is 20.4. The lowest BCUT2D eigenvalue weighted by Gasteiger charge is -2.19. The van der Waals surface area contributed by atoms with Gasteiger partial charge in [-0.25, -0.2) is 14.5 Å². The summed E-state index contributed by atoms with van der Waals surface area (Å²) in [6.07, 6.45) is -9.58. The fraction of sp³-hybridized carbons (Fsp3) is 0.318. The normalized spacial score (nSPS) is 12.9. The summed E-state index contributed by atoms with van der Waals surface area (Å²) in [5.74, 6) is -2.07. The average molecular weight is 544 g/mol. The Hall–Kier alpha value is -3.75. The molecule has 196 valence electrons. The molecule has 0 aliphatic heterocycles. The first-order valence-electron chi connectivity index (χ1n) is 10.5. The van der Waals surface area contributed by atoms with Crippen molar-refractivity contribution in [3.8, 4) is 0 Å². The number of pyridine rings is 1. The standard InChI is InChI=1S/C22H18F6N6O2S/c1-8-5-11(21(23,24)25)31-19-14(8)15(16(37-19)17(29)35)32-18(36)9-6-13-30-10(20(2,3)4)7-12(22(26,27)28)34(13)33-9/h5-7H,1-4H3,(H2,29,35)(H,32,36). The van der Waals surface area contributed by atoms with Crippen molar-refractivity contribution in [1.82, 2.24) is 19.6 Å². The van der Waals surface area contributed by atoms with Gasteiger partial charge >= 0.3 is 12.4 Å². The Kier molecular flexibility index (Phi) is 5.97. The molecule has 0 saturated carbocycles. The topological polar surface area (TPSA) is 115 Å². The summed E-state index contributed by atoms with van der Waals surface area (Å²) in [6.45, 7) is 6.33. The molecule has 4 aromatic heterocycles. The number of fused-ring (bicyclic) bond motifs is 2. The zero-order chi connectivity index (χ0) is 27.7. The predicted molar refractivity (Wildman–Crippen MR) is 123 cm³/mol. The highest BCUT2D eigenvalue weighted by molar-refractivity contribution is 7.21. The number of alkyl halides is 6. The second-order valence-corrected chi connectivity index (χ2v) is 10.2. The number of halogens is 6. The van der Waals surface area contributed by atoms with Crippen LogP contribution in [0.5, 0.6) is 0 Å². The van der Waals surface area contributed by atoms with Gasteiger partial charge in [0, 0.05) is 16.9 Å². The summed E-state index contributed by atoms with van der Waals surface area (Å²) in [5, 5.41) is 6.15. The van der Waals surface area contributed by atoms with Gasteiger partial charge in [-0.15, -0.1) is 11.3 Å². The SMILES string of the molecule is Cc1cc(C(F)(F)F)nc2sc(C(N)=O)c(NC(=O)c3cc4nc(C(C)(C)C)cc(C(F)(F)F)n4n3)c12. The van der Waals surface area contributed by atoms with Gasteiger partial charge in [0.2, 0.25) is 0 Å². The summed E-state index contributed by atoms with van der Waals surface area (Å²) in [4.78, 5) is 32.3. The molecule has 0 saturated heterocycles. The lowest BCUT2D eigenvalue weighted by atomic mass is 9.91. The molecule has 0 unspecified atom stereocenters. The third kappa shape index (κ3) is 4.82. The van der Waals surface area contributed by atoms with Crippen LogP contribution in [0.3, 0.4) is 0 Å². The molecule has 37 heavy (non-hydrogen) atoms. The Balaban J connectivity index is 1.84. The van der Waals surface area contributed by atoms with Crippen molar-refractivity contribution in [1.29, 1.82) is 0 Å². The van der Waals surface area contributed by atoms with Crippen molar-refractivity contribution in [2.24, 2.45) is 5.73 Å². The first kappa shape index (κ1) is 26.3. The number of aromatic nitrogens is 4. The second kappa shape index (κ2) is 8.39. The van der Waals surface area contributed by atoms with Gasteiger partial charge in [-0.2, -0.15) is 31.4 Å². The quantitative estimate of drug-likeness (QED) is 0.338. The number of nitrogens with one attached hydrogen (secondary N) is 1. The molecule has 4 heterocycles. The minimum atomic E-state index is -4.82. The van der Waals surface area contributed by atoms with Crippen molar-refractivity contribution in [3.63, 3.8) is 0 Å². The van der Waals surface area contributed by atoms with Crippen LogP contribution in [0.15, 0.2) is 18.2 Å². The van der Waals surface area contributed by atoms with E-state index in [-0.39, 0.29) is 37.7 Å². The number of nitrogens with two attached hydrogens (primary N) is 1. The van der Waals surface area contributed by atoms with E-state index >= 15 is 0 Å². The van der Waals surface area contributed by atoms with E-state index in [9.17, 15) is 35.9 Å². The average Bonchev–Trinajstić information content (AvgIpc) is 3.33. The van der Waals surface area contributed by atoms with Crippen molar-refractivity contribution in [2.75, 3.05) is 5.32 Å². The number of carbonyl (C=O) groups excluding carboxylic acids is 2. The van der Waals surface area contributed by atoms with Gasteiger partial charge in [-0.1, -0.05) is 20.8 Å². The van der Waals surface area contributed by atoms with Gasteiger partial charge in [0.1, 0.15) is 21.1 Å². The molecule has 0 radical (unpaired) electrons. The summed E-state index contributed by atoms with van der Waals surface area (Å²) in [6, 6.07) is 2.62. The van der Waals surface area contributed by atoms with Gasteiger partial charge in [-0.3, -0.25) is 9.59 Å². The van der Waals surface area contributed by atoms with Crippen LogP contribution in [0.25, 0.3) is 15.9 Å². The number of thiophene rings is 1. The molecule has 2 amide bonds. The smallest absolute Gasteiger partial charge is 0.365 e. The molecular weight excluding hydrogens is 526 g/mol. The summed E-state index contributed by atoms with van der Waals surface area (Å²) in [7, 11) is 0. The molecule has 0 spiro atoms. The maximum absolute atomic E-state index is 13.8. The maximum atomic E-state index is 13.8. The van der Waals surface area contributed by atoms with Gasteiger partial charge in [0.15, 0.2) is 11.3 Å². The van der Waals surface area contributed by atoms with Gasteiger partial charge in [-0.05, 0) is 24.6 Å². The number of aryl methyl sites for hydroxylation is 1. The monoisotopic (exact) mass is 544 g/mol. The van der Waals surface area contributed by atoms with E-state index in [1.54, 1.807) is 20.8 Å². The van der Waals surface area contributed by atoms with E-state index in [0.29, 0.717) is 15.9 Å². The first-order chi connectivity index (χ1) is 16.9. The molecule has 15 heteroatoms. The minimum Gasteiger partial charge on any atom is -0.365 e. The Morgan fingerprint density at radius 2 is 1.62 bits per heavy atom. The lowest BCUT2D eigenvalue weighted by molar-refractivity contribution is -0.143. The fourth-order valence-electron chi connectivity index (χ4n) is 3.57. The van der Waals surface area contributed by atoms with Crippen LogP contribution in [0.2, 0.25) is 0 Å². The molecule has 3 N–H and O–H groups in total. The van der Waals surface area contributed by atoms with E-state index in [2.05, 4.69) is 20.4 Å². The van der Waals surface area contributed by atoms with Crippen LogP contribution in [0, 0.1) is 6.92 Å². The number of carbonyl (C=O) groups is 2. The number of hydrogen-bond acceptors (Lipinski definition) is 6. The van der Waals surface area contributed by atoms with Gasteiger partial charge < -0.3 is 11.1 Å². The number of primary amides is 1. The molecule has 0 bridgehead atoms. The minimum absolute atomic E-state index is 0.0352. The zero-order valence-electron chi connectivity index (χ0n) is 19.6. The summed E-state index contributed by atoms with van der Waals surface area (Å²) < 4.78 is 81.3. The molecule has 0 aliphatic carbocycles. The van der Waals surface area contributed by atoms with Crippen molar-refractivity contribution < 1.29 is 35.9 Å². The Morgan fingerprint density at radius 1 is 0.973 bits per heavy atom. The number of anilines is 1. The molecular formula is C22H18F6N6O2S. The molecule has 4 aromatic rings. The van der Waals surface area contributed by atoms with Crippen molar-refractivity contribution in [3.05, 3.63) is 51.4 Å². The Morgan fingerprint density at radius 3 is 2.16 bits per heavy atom. The van der Waals surface area contributed by atoms with Gasteiger partial charge in [0.25, 0.3) is 11.8 Å². The molecule has 0 fully saturated rings. The van der Waals surface area contributed by atoms with E-state index < -0.39 is 46.7 Å². The maximum Gasteiger partial charge on any atom is 0.433 e. The third-order valence-electron chi connectivity index (χ3n) is 5.33. The molecule has 0 aromatic carbocycles. The van der Waals surface area contributed by atoms with Crippen LogP contribution >= 0.6 is 11.3 Å². The summed E-state index contributed by atoms with van der Waals surface area (Å²) in [5.41, 5.74) is 1.48. The van der Waals surface area contributed by atoms with Crippen LogP contribution < -0.4 is 11.1 Å².